The van der Waals surface area contributed by atoms with Crippen LogP contribution in [0.5, 0.6) is 5.75 Å². The molecular weight excluding hydrogens is 273 g/mol. The molecule has 0 aliphatic rings. The van der Waals surface area contributed by atoms with Crippen LogP contribution in [0, 0.1) is 11.7 Å². The molecule has 1 atom stereocenters. The maximum atomic E-state index is 12.8. The fourth-order valence-corrected chi connectivity index (χ4v) is 1.62. The van der Waals surface area contributed by atoms with Crippen LogP contribution in [0.3, 0.4) is 0 Å². The molecule has 0 radical (unpaired) electrons. The minimum atomic E-state index is -0.459. The molecular formula is C13H17ClFNO3. The van der Waals surface area contributed by atoms with Crippen molar-refractivity contribution >= 4 is 17.5 Å². The molecule has 0 bridgehead atoms. The third-order valence-corrected chi connectivity index (χ3v) is 2.82. The van der Waals surface area contributed by atoms with Crippen LogP contribution in [-0.4, -0.2) is 30.8 Å². The van der Waals surface area contributed by atoms with Gasteiger partial charge in [0.25, 0.3) is 5.91 Å². The Morgan fingerprint density at radius 1 is 1.58 bits per heavy atom. The summed E-state index contributed by atoms with van der Waals surface area (Å²) in [6, 6.07) is 3.71. The Morgan fingerprint density at radius 2 is 2.32 bits per heavy atom. The van der Waals surface area contributed by atoms with Gasteiger partial charge in [-0.2, -0.15) is 0 Å². The number of hydrogen-bond donors (Lipinski definition) is 2. The molecule has 1 rings (SSSR count). The quantitative estimate of drug-likeness (QED) is 0.807. The predicted octanol–water partition coefficient (Wildman–Crippen LogP) is 1.99. The van der Waals surface area contributed by atoms with Crippen molar-refractivity contribution in [3.8, 4) is 5.75 Å². The van der Waals surface area contributed by atoms with E-state index in [0.717, 1.165) is 6.07 Å². The van der Waals surface area contributed by atoms with Crippen molar-refractivity contribution in [1.82, 2.24) is 5.32 Å². The molecule has 0 saturated carbocycles. The molecule has 0 aliphatic carbocycles. The van der Waals surface area contributed by atoms with E-state index in [2.05, 4.69) is 5.32 Å². The minimum absolute atomic E-state index is 0.0960. The van der Waals surface area contributed by atoms with E-state index in [1.807, 2.05) is 6.92 Å². The summed E-state index contributed by atoms with van der Waals surface area (Å²) in [4.78, 5) is 11.5. The Balaban J connectivity index is 2.33. The lowest BCUT2D eigenvalue weighted by atomic mass is 10.1. The van der Waals surface area contributed by atoms with E-state index < -0.39 is 5.82 Å². The van der Waals surface area contributed by atoms with Gasteiger partial charge in [0.1, 0.15) is 11.6 Å². The van der Waals surface area contributed by atoms with Crippen LogP contribution in [0.2, 0.25) is 5.02 Å². The van der Waals surface area contributed by atoms with Crippen molar-refractivity contribution in [2.75, 3.05) is 19.8 Å². The van der Waals surface area contributed by atoms with Gasteiger partial charge in [0.2, 0.25) is 0 Å². The van der Waals surface area contributed by atoms with Gasteiger partial charge in [-0.1, -0.05) is 18.5 Å². The monoisotopic (exact) mass is 289 g/mol. The second-order valence-electron chi connectivity index (χ2n) is 4.28. The highest BCUT2D eigenvalue weighted by atomic mass is 35.5. The number of amides is 1. The number of rotatable bonds is 7. The third-order valence-electron chi connectivity index (χ3n) is 2.52. The summed E-state index contributed by atoms with van der Waals surface area (Å²) < 4.78 is 18.0. The molecule has 1 aromatic carbocycles. The van der Waals surface area contributed by atoms with Gasteiger partial charge >= 0.3 is 0 Å². The van der Waals surface area contributed by atoms with E-state index in [4.69, 9.17) is 21.4 Å². The van der Waals surface area contributed by atoms with Crippen LogP contribution in [0.4, 0.5) is 4.39 Å². The predicted molar refractivity (Wildman–Crippen MR) is 70.8 cm³/mol. The fraction of sp³-hybridized carbons (Fsp3) is 0.462. The van der Waals surface area contributed by atoms with Crippen molar-refractivity contribution in [1.29, 1.82) is 0 Å². The van der Waals surface area contributed by atoms with E-state index in [0.29, 0.717) is 13.0 Å². The maximum Gasteiger partial charge on any atom is 0.257 e. The number of hydrogen-bond acceptors (Lipinski definition) is 3. The zero-order valence-electron chi connectivity index (χ0n) is 10.7. The summed E-state index contributed by atoms with van der Waals surface area (Å²) in [7, 11) is 0. The highest BCUT2D eigenvalue weighted by Gasteiger charge is 2.08. The second kappa shape index (κ2) is 7.96. The Kier molecular flexibility index (Phi) is 6.59. The number of aliphatic hydroxyl groups excluding tert-OH is 1. The second-order valence-corrected chi connectivity index (χ2v) is 4.69. The highest BCUT2D eigenvalue weighted by Crippen LogP contribution is 2.24. The van der Waals surface area contributed by atoms with Crippen molar-refractivity contribution in [2.24, 2.45) is 5.92 Å². The van der Waals surface area contributed by atoms with Gasteiger partial charge in [0, 0.05) is 13.2 Å². The normalized spacial score (nSPS) is 12.0. The molecule has 0 spiro atoms. The molecule has 1 amide bonds. The summed E-state index contributed by atoms with van der Waals surface area (Å²) in [6.07, 6.45) is 0.630. The molecule has 2 N–H and O–H groups in total. The molecule has 0 saturated heterocycles. The lowest BCUT2D eigenvalue weighted by Crippen LogP contribution is -2.32. The summed E-state index contributed by atoms with van der Waals surface area (Å²) in [5.74, 6) is -0.283. The molecule has 1 aromatic rings. The Bertz CT molecular complexity index is 428. The zero-order chi connectivity index (χ0) is 14.3. The number of ether oxygens (including phenoxy) is 1. The van der Waals surface area contributed by atoms with E-state index in [1.165, 1.54) is 12.1 Å². The molecule has 0 heterocycles. The zero-order valence-corrected chi connectivity index (χ0v) is 11.4. The van der Waals surface area contributed by atoms with Crippen LogP contribution in [0.15, 0.2) is 18.2 Å². The summed E-state index contributed by atoms with van der Waals surface area (Å²) in [5.41, 5.74) is 0. The number of carbonyl (C=O) groups excluding carboxylic acids is 1. The average molecular weight is 290 g/mol. The van der Waals surface area contributed by atoms with Crippen LogP contribution in [0.25, 0.3) is 0 Å². The van der Waals surface area contributed by atoms with E-state index in [1.54, 1.807) is 0 Å². The summed E-state index contributed by atoms with van der Waals surface area (Å²) in [5, 5.41) is 11.5. The Hall–Kier alpha value is -1.33. The van der Waals surface area contributed by atoms with Gasteiger partial charge in [-0.05, 0) is 30.5 Å². The van der Waals surface area contributed by atoms with Gasteiger partial charge in [-0.3, -0.25) is 4.79 Å². The largest absolute Gasteiger partial charge is 0.482 e. The lowest BCUT2D eigenvalue weighted by Gasteiger charge is -2.12. The van der Waals surface area contributed by atoms with Gasteiger partial charge in [-0.15, -0.1) is 0 Å². The van der Waals surface area contributed by atoms with Crippen LogP contribution in [-0.2, 0) is 4.79 Å². The fourth-order valence-electron chi connectivity index (χ4n) is 1.40. The number of aliphatic hydroxyl groups is 1. The van der Waals surface area contributed by atoms with Crippen molar-refractivity contribution in [3.05, 3.63) is 29.0 Å². The molecule has 4 nitrogen and oxygen atoms in total. The molecule has 106 valence electrons. The number of carbonyl (C=O) groups is 1. The SMILES string of the molecule is CC(CCO)CNC(=O)COc1ccc(F)cc1Cl. The highest BCUT2D eigenvalue weighted by molar-refractivity contribution is 6.32. The summed E-state index contributed by atoms with van der Waals surface area (Å²) >= 11 is 5.76. The van der Waals surface area contributed by atoms with Crippen LogP contribution >= 0.6 is 11.6 Å². The van der Waals surface area contributed by atoms with Crippen LogP contribution in [0.1, 0.15) is 13.3 Å². The first-order valence-electron chi connectivity index (χ1n) is 5.98. The van der Waals surface area contributed by atoms with E-state index >= 15 is 0 Å². The van der Waals surface area contributed by atoms with Crippen molar-refractivity contribution in [2.45, 2.75) is 13.3 Å². The maximum absolute atomic E-state index is 12.8. The molecule has 0 aliphatic heterocycles. The molecule has 6 heteroatoms. The van der Waals surface area contributed by atoms with Gasteiger partial charge in [-0.25, -0.2) is 4.39 Å². The minimum Gasteiger partial charge on any atom is -0.482 e. The average Bonchev–Trinajstić information content (AvgIpc) is 2.35. The smallest absolute Gasteiger partial charge is 0.257 e. The number of nitrogens with one attached hydrogen (secondary N) is 1. The van der Waals surface area contributed by atoms with Gasteiger partial charge in [0.15, 0.2) is 6.61 Å². The van der Waals surface area contributed by atoms with Gasteiger partial charge < -0.3 is 15.2 Å². The summed E-state index contributed by atoms with van der Waals surface area (Å²) in [6.45, 7) is 2.31. The van der Waals surface area contributed by atoms with Gasteiger partial charge in [0.05, 0.1) is 5.02 Å². The molecule has 0 fully saturated rings. The third kappa shape index (κ3) is 5.89. The Morgan fingerprint density at radius 3 is 2.95 bits per heavy atom. The molecule has 19 heavy (non-hydrogen) atoms. The van der Waals surface area contributed by atoms with E-state index in [-0.39, 0.29) is 35.8 Å². The number of benzene rings is 1. The first-order valence-corrected chi connectivity index (χ1v) is 6.36. The molecule has 1 unspecified atom stereocenters. The Labute approximate surface area is 116 Å². The first kappa shape index (κ1) is 15.7. The topological polar surface area (TPSA) is 58.6 Å². The first-order chi connectivity index (χ1) is 9.02. The van der Waals surface area contributed by atoms with Crippen LogP contribution < -0.4 is 10.1 Å². The van der Waals surface area contributed by atoms with Crippen molar-refractivity contribution < 1.29 is 19.0 Å². The molecule has 0 aromatic heterocycles. The standard InChI is InChI=1S/C13H17ClFNO3/c1-9(4-5-17)7-16-13(18)8-19-12-3-2-10(15)6-11(12)14/h2-3,6,9,17H,4-5,7-8H2,1H3,(H,16,18). The number of halogens is 2. The van der Waals surface area contributed by atoms with E-state index in [9.17, 15) is 9.18 Å². The van der Waals surface area contributed by atoms with Crippen molar-refractivity contribution in [3.63, 3.8) is 0 Å². The lowest BCUT2D eigenvalue weighted by molar-refractivity contribution is -0.123.